The van der Waals surface area contributed by atoms with Crippen molar-refractivity contribution >= 4 is 17.6 Å². The molecule has 0 spiro atoms. The highest BCUT2D eigenvalue weighted by Gasteiger charge is 2.34. The van der Waals surface area contributed by atoms with Crippen molar-refractivity contribution in [3.63, 3.8) is 0 Å². The number of anilines is 1. The summed E-state index contributed by atoms with van der Waals surface area (Å²) in [7, 11) is 1.54. The van der Waals surface area contributed by atoms with E-state index in [4.69, 9.17) is 4.74 Å². The predicted molar refractivity (Wildman–Crippen MR) is 83.1 cm³/mol. The van der Waals surface area contributed by atoms with Crippen LogP contribution in [0.1, 0.15) is 26.2 Å². The van der Waals surface area contributed by atoms with Crippen molar-refractivity contribution in [1.82, 2.24) is 4.90 Å². The zero-order valence-corrected chi connectivity index (χ0v) is 12.9. The van der Waals surface area contributed by atoms with Crippen molar-refractivity contribution in [1.29, 1.82) is 0 Å². The lowest BCUT2D eigenvalue weighted by Gasteiger charge is -2.36. The van der Waals surface area contributed by atoms with Gasteiger partial charge in [-0.15, -0.1) is 0 Å². The second-order valence-electron chi connectivity index (χ2n) is 5.45. The van der Waals surface area contributed by atoms with Crippen LogP contribution in [0.5, 0.6) is 5.75 Å². The molecule has 6 nitrogen and oxygen atoms in total. The molecule has 1 saturated heterocycles. The number of hydrogen-bond donors (Lipinski definition) is 2. The summed E-state index contributed by atoms with van der Waals surface area (Å²) in [5.41, 5.74) is 0.589. The maximum Gasteiger partial charge on any atom is 0.320 e. The van der Waals surface area contributed by atoms with Gasteiger partial charge < -0.3 is 15.2 Å². The number of nitrogens with zero attached hydrogens (tertiary/aromatic N) is 1. The Bertz CT molecular complexity index is 547. The Morgan fingerprint density at radius 3 is 2.77 bits per heavy atom. The van der Waals surface area contributed by atoms with Crippen molar-refractivity contribution in [3.05, 3.63) is 24.3 Å². The average molecular weight is 306 g/mol. The molecule has 1 aromatic carbocycles. The Kier molecular flexibility index (Phi) is 5.38. The summed E-state index contributed by atoms with van der Waals surface area (Å²) in [5, 5.41) is 12.1. The monoisotopic (exact) mass is 306 g/mol. The van der Waals surface area contributed by atoms with Gasteiger partial charge in [0.2, 0.25) is 5.91 Å². The van der Waals surface area contributed by atoms with E-state index in [0.717, 1.165) is 12.8 Å². The Morgan fingerprint density at radius 1 is 1.36 bits per heavy atom. The van der Waals surface area contributed by atoms with Crippen LogP contribution in [0.25, 0.3) is 0 Å². The molecule has 1 fully saturated rings. The van der Waals surface area contributed by atoms with E-state index in [9.17, 15) is 14.7 Å². The summed E-state index contributed by atoms with van der Waals surface area (Å²) < 4.78 is 5.21. The van der Waals surface area contributed by atoms with Gasteiger partial charge in [-0.05, 0) is 38.4 Å². The third-order valence-corrected chi connectivity index (χ3v) is 4.07. The minimum Gasteiger partial charge on any atom is -0.495 e. The number of para-hydroxylation sites is 2. The smallest absolute Gasteiger partial charge is 0.320 e. The van der Waals surface area contributed by atoms with Gasteiger partial charge in [0.1, 0.15) is 11.8 Å². The first-order valence-corrected chi connectivity index (χ1v) is 7.47. The van der Waals surface area contributed by atoms with E-state index in [1.54, 1.807) is 31.1 Å². The lowest BCUT2D eigenvalue weighted by Crippen LogP contribution is -2.53. The lowest BCUT2D eigenvalue weighted by atomic mass is 10.00. The van der Waals surface area contributed by atoms with Crippen molar-refractivity contribution < 1.29 is 19.4 Å². The highest BCUT2D eigenvalue weighted by Crippen LogP contribution is 2.25. The number of amides is 1. The molecular weight excluding hydrogens is 284 g/mol. The molecular formula is C16H22N2O4. The minimum atomic E-state index is -0.864. The largest absolute Gasteiger partial charge is 0.495 e. The number of likely N-dealkylation sites (tertiary alicyclic amines) is 1. The molecule has 2 N–H and O–H groups in total. The number of benzene rings is 1. The Balaban J connectivity index is 2.09. The molecule has 22 heavy (non-hydrogen) atoms. The normalized spacial score (nSPS) is 20.2. The average Bonchev–Trinajstić information content (AvgIpc) is 2.54. The molecule has 2 rings (SSSR count). The molecule has 1 aliphatic heterocycles. The molecule has 0 aromatic heterocycles. The Morgan fingerprint density at radius 2 is 2.09 bits per heavy atom. The highest BCUT2D eigenvalue weighted by atomic mass is 16.5. The first kappa shape index (κ1) is 16.3. The number of hydrogen-bond acceptors (Lipinski definition) is 4. The molecule has 0 saturated carbocycles. The van der Waals surface area contributed by atoms with E-state index >= 15 is 0 Å². The van der Waals surface area contributed by atoms with Crippen LogP contribution in [0.15, 0.2) is 24.3 Å². The van der Waals surface area contributed by atoms with Crippen LogP contribution in [0.2, 0.25) is 0 Å². The van der Waals surface area contributed by atoms with Crippen LogP contribution < -0.4 is 10.1 Å². The number of carbonyl (C=O) groups is 2. The second-order valence-corrected chi connectivity index (χ2v) is 5.45. The van der Waals surface area contributed by atoms with Crippen molar-refractivity contribution in [3.8, 4) is 5.75 Å². The number of methoxy groups -OCH3 is 1. The standard InChI is InChI=1S/C16H22N2O4/c1-11(18-10-6-5-8-13(18)16(20)21)15(19)17-12-7-3-4-9-14(12)22-2/h3-4,7,9,11,13H,5-6,8,10H2,1-2H3,(H,17,19)(H,20,21). The molecule has 2 atom stereocenters. The summed E-state index contributed by atoms with van der Waals surface area (Å²) in [5.74, 6) is -0.509. The van der Waals surface area contributed by atoms with Gasteiger partial charge in [0.25, 0.3) is 0 Å². The quantitative estimate of drug-likeness (QED) is 0.869. The van der Waals surface area contributed by atoms with Gasteiger partial charge in [0.15, 0.2) is 0 Å². The maximum absolute atomic E-state index is 12.4. The van der Waals surface area contributed by atoms with Crippen molar-refractivity contribution in [2.45, 2.75) is 38.3 Å². The van der Waals surface area contributed by atoms with Gasteiger partial charge in [-0.1, -0.05) is 18.6 Å². The van der Waals surface area contributed by atoms with E-state index in [0.29, 0.717) is 24.4 Å². The van der Waals surface area contributed by atoms with E-state index < -0.39 is 18.1 Å². The number of nitrogens with one attached hydrogen (secondary N) is 1. The molecule has 1 aromatic rings. The topological polar surface area (TPSA) is 78.9 Å². The zero-order chi connectivity index (χ0) is 16.1. The Hall–Kier alpha value is -2.08. The van der Waals surface area contributed by atoms with E-state index in [2.05, 4.69) is 5.32 Å². The van der Waals surface area contributed by atoms with Crippen molar-refractivity contribution in [2.75, 3.05) is 19.0 Å². The minimum absolute atomic E-state index is 0.224. The summed E-state index contributed by atoms with van der Waals surface area (Å²) in [6.07, 6.45) is 2.38. The molecule has 6 heteroatoms. The number of ether oxygens (including phenoxy) is 1. The van der Waals surface area contributed by atoms with Crippen LogP contribution in [-0.2, 0) is 9.59 Å². The molecule has 0 radical (unpaired) electrons. The fourth-order valence-corrected chi connectivity index (χ4v) is 2.82. The highest BCUT2D eigenvalue weighted by molar-refractivity contribution is 5.96. The van der Waals surface area contributed by atoms with E-state index in [1.165, 1.54) is 0 Å². The van der Waals surface area contributed by atoms with E-state index in [1.807, 2.05) is 12.1 Å². The van der Waals surface area contributed by atoms with Gasteiger partial charge in [-0.3, -0.25) is 14.5 Å². The number of carboxylic acids is 1. The van der Waals surface area contributed by atoms with Crippen LogP contribution in [-0.4, -0.2) is 47.6 Å². The number of carbonyl (C=O) groups excluding carboxylic acids is 1. The lowest BCUT2D eigenvalue weighted by molar-refractivity contribution is -0.146. The van der Waals surface area contributed by atoms with Crippen molar-refractivity contribution in [2.24, 2.45) is 0 Å². The summed E-state index contributed by atoms with van der Waals surface area (Å²) in [6, 6.07) is 6.06. The molecule has 120 valence electrons. The molecule has 0 aliphatic carbocycles. The van der Waals surface area contributed by atoms with Crippen LogP contribution in [0.4, 0.5) is 5.69 Å². The number of aliphatic carboxylic acids is 1. The van der Waals surface area contributed by atoms with Crippen LogP contribution >= 0.6 is 0 Å². The first-order chi connectivity index (χ1) is 10.5. The first-order valence-electron chi connectivity index (χ1n) is 7.47. The SMILES string of the molecule is COc1ccccc1NC(=O)C(C)N1CCCCC1C(=O)O. The summed E-state index contributed by atoms with van der Waals surface area (Å²) >= 11 is 0. The van der Waals surface area contributed by atoms with Crippen LogP contribution in [0, 0.1) is 0 Å². The third kappa shape index (κ3) is 3.57. The van der Waals surface area contributed by atoms with Crippen LogP contribution in [0.3, 0.4) is 0 Å². The fourth-order valence-electron chi connectivity index (χ4n) is 2.82. The number of piperidine rings is 1. The third-order valence-electron chi connectivity index (χ3n) is 4.07. The maximum atomic E-state index is 12.4. The number of rotatable bonds is 5. The Labute approximate surface area is 130 Å². The van der Waals surface area contributed by atoms with Gasteiger partial charge in [0.05, 0.1) is 18.8 Å². The molecule has 2 unspecified atom stereocenters. The van der Waals surface area contributed by atoms with E-state index in [-0.39, 0.29) is 5.91 Å². The van der Waals surface area contributed by atoms with Gasteiger partial charge >= 0.3 is 5.97 Å². The molecule has 1 amide bonds. The zero-order valence-electron chi connectivity index (χ0n) is 12.9. The van der Waals surface area contributed by atoms with Gasteiger partial charge in [-0.2, -0.15) is 0 Å². The van der Waals surface area contributed by atoms with Gasteiger partial charge in [-0.25, -0.2) is 0 Å². The summed E-state index contributed by atoms with van der Waals surface area (Å²) in [6.45, 7) is 2.36. The molecule has 1 aliphatic rings. The number of carboxylic acid groups (broad SMARTS) is 1. The van der Waals surface area contributed by atoms with Gasteiger partial charge in [0, 0.05) is 0 Å². The molecule has 1 heterocycles. The second kappa shape index (κ2) is 7.26. The fraction of sp³-hybridized carbons (Fsp3) is 0.500. The summed E-state index contributed by atoms with van der Waals surface area (Å²) in [4.78, 5) is 25.6. The predicted octanol–water partition coefficient (Wildman–Crippen LogP) is 1.96. The molecule has 0 bridgehead atoms.